The highest BCUT2D eigenvalue weighted by Crippen LogP contribution is 2.36. The van der Waals surface area contributed by atoms with E-state index in [4.69, 9.17) is 10.8 Å². The summed E-state index contributed by atoms with van der Waals surface area (Å²) in [6, 6.07) is 0. The van der Waals surface area contributed by atoms with E-state index < -0.39 is 36.7 Å². The van der Waals surface area contributed by atoms with Crippen LogP contribution in [0.15, 0.2) is 0 Å². The van der Waals surface area contributed by atoms with Gasteiger partial charge in [0, 0.05) is 5.54 Å². The topological polar surface area (TPSA) is 55.5 Å². The van der Waals surface area contributed by atoms with Crippen molar-refractivity contribution in [3.8, 4) is 0 Å². The van der Waals surface area contributed by atoms with Gasteiger partial charge in [-0.2, -0.15) is 26.3 Å². The monoisotopic (exact) mass is 283 g/mol. The van der Waals surface area contributed by atoms with E-state index in [0.717, 1.165) is 6.92 Å². The molecule has 0 aliphatic carbocycles. The standard InChI is InChI=1S/C9H15F6NO2/c1-5(3-7(2,16)4-17)18-6(8(10,11)12)9(13,14)15/h5-6,17H,3-4,16H2,1-2H3. The molecular formula is C9H15F6NO2. The number of rotatable bonds is 5. The molecule has 0 rings (SSSR count). The van der Waals surface area contributed by atoms with Gasteiger partial charge in [0.25, 0.3) is 0 Å². The Labute approximate surface area is 99.9 Å². The second kappa shape index (κ2) is 5.62. The molecule has 0 aromatic rings. The molecule has 0 aliphatic heterocycles. The van der Waals surface area contributed by atoms with Crippen molar-refractivity contribution in [1.82, 2.24) is 0 Å². The molecule has 0 aliphatic rings. The van der Waals surface area contributed by atoms with Crippen LogP contribution < -0.4 is 5.73 Å². The number of hydrogen-bond donors (Lipinski definition) is 2. The Morgan fingerprint density at radius 3 is 1.78 bits per heavy atom. The largest absolute Gasteiger partial charge is 0.423 e. The molecule has 0 amide bonds. The fraction of sp³-hybridized carbons (Fsp3) is 1.00. The molecular weight excluding hydrogens is 268 g/mol. The van der Waals surface area contributed by atoms with Crippen LogP contribution in [-0.4, -0.2) is 41.8 Å². The average Bonchev–Trinajstić information content (AvgIpc) is 2.10. The summed E-state index contributed by atoms with van der Waals surface area (Å²) in [6.45, 7) is 1.75. The zero-order valence-electron chi connectivity index (χ0n) is 9.77. The molecule has 0 fully saturated rings. The normalized spacial score (nSPS) is 18.8. The number of hydrogen-bond acceptors (Lipinski definition) is 3. The third kappa shape index (κ3) is 5.87. The van der Waals surface area contributed by atoms with Gasteiger partial charge in [-0.25, -0.2) is 0 Å². The second-order valence-electron chi connectivity index (χ2n) is 4.43. The first-order valence-electron chi connectivity index (χ1n) is 4.98. The van der Waals surface area contributed by atoms with Crippen molar-refractivity contribution < 1.29 is 36.2 Å². The van der Waals surface area contributed by atoms with Crippen molar-refractivity contribution >= 4 is 0 Å². The molecule has 0 heterocycles. The fourth-order valence-electron chi connectivity index (χ4n) is 1.34. The molecule has 18 heavy (non-hydrogen) atoms. The lowest BCUT2D eigenvalue weighted by Gasteiger charge is -2.30. The molecule has 0 bridgehead atoms. The first-order chi connectivity index (χ1) is 7.79. The Morgan fingerprint density at radius 2 is 1.50 bits per heavy atom. The van der Waals surface area contributed by atoms with Crippen molar-refractivity contribution in [3.05, 3.63) is 0 Å². The summed E-state index contributed by atoms with van der Waals surface area (Å²) in [5.74, 6) is 0. The molecule has 0 aromatic carbocycles. The quantitative estimate of drug-likeness (QED) is 0.759. The van der Waals surface area contributed by atoms with Gasteiger partial charge in [0.05, 0.1) is 12.7 Å². The van der Waals surface area contributed by atoms with Gasteiger partial charge >= 0.3 is 12.4 Å². The second-order valence-corrected chi connectivity index (χ2v) is 4.43. The van der Waals surface area contributed by atoms with Crippen LogP contribution in [0.4, 0.5) is 26.3 Å². The minimum Gasteiger partial charge on any atom is -0.394 e. The SMILES string of the molecule is CC(CC(C)(N)CO)OC(C(F)(F)F)C(F)(F)F. The van der Waals surface area contributed by atoms with E-state index >= 15 is 0 Å². The molecule has 2 atom stereocenters. The molecule has 2 unspecified atom stereocenters. The third-order valence-corrected chi connectivity index (χ3v) is 2.08. The van der Waals surface area contributed by atoms with E-state index in [1.807, 2.05) is 0 Å². The molecule has 3 N–H and O–H groups in total. The van der Waals surface area contributed by atoms with Gasteiger partial charge in [-0.15, -0.1) is 0 Å². The molecule has 0 aromatic heterocycles. The summed E-state index contributed by atoms with van der Waals surface area (Å²) < 4.78 is 77.0. The maximum atomic E-state index is 12.2. The zero-order valence-corrected chi connectivity index (χ0v) is 9.77. The molecule has 0 radical (unpaired) electrons. The van der Waals surface area contributed by atoms with Crippen molar-refractivity contribution in [3.63, 3.8) is 0 Å². The van der Waals surface area contributed by atoms with Crippen LogP contribution in [0, 0.1) is 0 Å². The van der Waals surface area contributed by atoms with Crippen LogP contribution in [0.3, 0.4) is 0 Å². The molecule has 9 heteroatoms. The van der Waals surface area contributed by atoms with Crippen LogP contribution in [0.25, 0.3) is 0 Å². The van der Waals surface area contributed by atoms with Gasteiger partial charge in [-0.3, -0.25) is 0 Å². The minimum absolute atomic E-state index is 0.341. The number of aliphatic hydroxyl groups excluding tert-OH is 1. The van der Waals surface area contributed by atoms with E-state index in [-0.39, 0.29) is 6.42 Å². The summed E-state index contributed by atoms with van der Waals surface area (Å²) in [5.41, 5.74) is 4.11. The highest BCUT2D eigenvalue weighted by Gasteiger charge is 2.58. The van der Waals surface area contributed by atoms with Crippen molar-refractivity contribution in [2.45, 2.75) is 50.4 Å². The summed E-state index contributed by atoms with van der Waals surface area (Å²) >= 11 is 0. The fourth-order valence-corrected chi connectivity index (χ4v) is 1.34. The van der Waals surface area contributed by atoms with Crippen LogP contribution in [0.5, 0.6) is 0 Å². The molecule has 0 spiro atoms. The van der Waals surface area contributed by atoms with Crippen LogP contribution >= 0.6 is 0 Å². The number of ether oxygens (including phenoxy) is 1. The lowest BCUT2D eigenvalue weighted by Crippen LogP contribution is -2.49. The lowest BCUT2D eigenvalue weighted by molar-refractivity contribution is -0.330. The van der Waals surface area contributed by atoms with Crippen LogP contribution in [0.1, 0.15) is 20.3 Å². The predicted molar refractivity (Wildman–Crippen MR) is 50.7 cm³/mol. The van der Waals surface area contributed by atoms with Crippen LogP contribution in [-0.2, 0) is 4.74 Å². The summed E-state index contributed by atoms with van der Waals surface area (Å²) in [7, 11) is 0. The lowest BCUT2D eigenvalue weighted by atomic mass is 9.97. The number of nitrogens with two attached hydrogens (primary N) is 1. The molecule has 110 valence electrons. The molecule has 3 nitrogen and oxygen atoms in total. The van der Waals surface area contributed by atoms with Gasteiger partial charge in [0.1, 0.15) is 0 Å². The van der Waals surface area contributed by atoms with E-state index in [1.165, 1.54) is 6.92 Å². The van der Waals surface area contributed by atoms with E-state index in [1.54, 1.807) is 0 Å². The summed E-state index contributed by atoms with van der Waals surface area (Å²) in [6.07, 6.45) is -16.7. The van der Waals surface area contributed by atoms with E-state index in [9.17, 15) is 26.3 Å². The van der Waals surface area contributed by atoms with Crippen LogP contribution in [0.2, 0.25) is 0 Å². The number of halogens is 6. The minimum atomic E-state index is -5.54. The third-order valence-electron chi connectivity index (χ3n) is 2.08. The maximum absolute atomic E-state index is 12.2. The first-order valence-corrected chi connectivity index (χ1v) is 4.98. The Balaban J connectivity index is 4.72. The Hall–Kier alpha value is -0.540. The van der Waals surface area contributed by atoms with Gasteiger partial charge in [-0.1, -0.05) is 0 Å². The Morgan fingerprint density at radius 1 is 1.11 bits per heavy atom. The summed E-state index contributed by atoms with van der Waals surface area (Å²) in [5, 5.41) is 8.77. The summed E-state index contributed by atoms with van der Waals surface area (Å²) in [4.78, 5) is 0. The van der Waals surface area contributed by atoms with Gasteiger partial charge in [0.15, 0.2) is 0 Å². The number of alkyl halides is 6. The van der Waals surface area contributed by atoms with Gasteiger partial charge in [0.2, 0.25) is 6.10 Å². The van der Waals surface area contributed by atoms with Crippen molar-refractivity contribution in [2.75, 3.05) is 6.61 Å². The maximum Gasteiger partial charge on any atom is 0.423 e. The average molecular weight is 283 g/mol. The molecule has 0 saturated carbocycles. The first kappa shape index (κ1) is 17.5. The van der Waals surface area contributed by atoms with E-state index in [0.29, 0.717) is 0 Å². The number of aliphatic hydroxyl groups is 1. The molecule has 0 saturated heterocycles. The highest BCUT2D eigenvalue weighted by molar-refractivity contribution is 4.83. The van der Waals surface area contributed by atoms with E-state index in [2.05, 4.69) is 4.74 Å². The van der Waals surface area contributed by atoms with Gasteiger partial charge < -0.3 is 15.6 Å². The van der Waals surface area contributed by atoms with Crippen molar-refractivity contribution in [2.24, 2.45) is 5.73 Å². The zero-order chi connectivity index (χ0) is 14.8. The highest BCUT2D eigenvalue weighted by atomic mass is 19.4. The van der Waals surface area contributed by atoms with Crippen molar-refractivity contribution in [1.29, 1.82) is 0 Å². The predicted octanol–water partition coefficient (Wildman–Crippen LogP) is 1.98. The van der Waals surface area contributed by atoms with Gasteiger partial charge in [-0.05, 0) is 20.3 Å². The Bertz CT molecular complexity index is 249. The smallest absolute Gasteiger partial charge is 0.394 e. The Kier molecular flexibility index (Phi) is 5.45.